The molecule has 0 saturated carbocycles. The highest BCUT2D eigenvalue weighted by Gasteiger charge is 2.28. The third-order valence-electron chi connectivity index (χ3n) is 3.71. The molecule has 0 bridgehead atoms. The maximum absolute atomic E-state index is 12.0. The number of benzene rings is 1. The molecule has 1 atom stereocenters. The van der Waals surface area contributed by atoms with Crippen molar-refractivity contribution >= 4 is 9.84 Å². The van der Waals surface area contributed by atoms with Crippen LogP contribution in [0.1, 0.15) is 44.4 Å². The number of aryl methyl sites for hydroxylation is 1. The van der Waals surface area contributed by atoms with E-state index >= 15 is 0 Å². The molecule has 0 heterocycles. The first kappa shape index (κ1) is 15.3. The fourth-order valence-corrected chi connectivity index (χ4v) is 3.15. The lowest BCUT2D eigenvalue weighted by atomic mass is 10.1. The molecule has 20 heavy (non-hydrogen) atoms. The second-order valence-corrected chi connectivity index (χ2v) is 9.06. The number of ether oxygens (including phenoxy) is 1. The second-order valence-electron chi connectivity index (χ2n) is 6.19. The number of rotatable bonds is 4. The van der Waals surface area contributed by atoms with Gasteiger partial charge in [-0.2, -0.15) is 0 Å². The largest absolute Gasteiger partial charge is 0.493 e. The summed E-state index contributed by atoms with van der Waals surface area (Å²) < 4.78 is 28.7. The second kappa shape index (κ2) is 5.37. The summed E-state index contributed by atoms with van der Waals surface area (Å²) in [7, 11) is -3.15. The Bertz CT molecular complexity index is 584. The van der Waals surface area contributed by atoms with E-state index in [0.717, 1.165) is 24.0 Å². The minimum Gasteiger partial charge on any atom is -0.493 e. The predicted octanol–water partition coefficient (Wildman–Crippen LogP) is 2.26. The van der Waals surface area contributed by atoms with Gasteiger partial charge < -0.3 is 9.84 Å². The molecule has 1 N–H and O–H groups in total. The predicted molar refractivity (Wildman–Crippen MR) is 78.8 cm³/mol. The van der Waals surface area contributed by atoms with Crippen molar-refractivity contribution in [2.45, 2.75) is 44.5 Å². The summed E-state index contributed by atoms with van der Waals surface area (Å²) in [6.07, 6.45) is 1.21. The molecule has 0 aromatic heterocycles. The third kappa shape index (κ3) is 3.15. The van der Waals surface area contributed by atoms with Crippen LogP contribution in [-0.4, -0.2) is 30.6 Å². The van der Waals surface area contributed by atoms with E-state index in [4.69, 9.17) is 4.74 Å². The first-order chi connectivity index (χ1) is 9.21. The quantitative estimate of drug-likeness (QED) is 0.926. The molecule has 0 radical (unpaired) electrons. The molecular weight excluding hydrogens is 276 g/mol. The topological polar surface area (TPSA) is 63.6 Å². The zero-order valence-electron chi connectivity index (χ0n) is 12.2. The third-order valence-corrected chi connectivity index (χ3v) is 6.28. The average molecular weight is 298 g/mol. The van der Waals surface area contributed by atoms with E-state index < -0.39 is 14.6 Å². The average Bonchev–Trinajstić information content (AvgIpc) is 2.69. The van der Waals surface area contributed by atoms with Crippen molar-refractivity contribution in [3.05, 3.63) is 29.3 Å². The van der Waals surface area contributed by atoms with Gasteiger partial charge in [-0.1, -0.05) is 6.07 Å². The van der Waals surface area contributed by atoms with Gasteiger partial charge in [0.15, 0.2) is 9.84 Å². The number of aliphatic hydroxyl groups is 1. The Morgan fingerprint density at radius 1 is 1.35 bits per heavy atom. The number of fused-ring (bicyclic) bond motifs is 1. The number of hydrogen-bond donors (Lipinski definition) is 1. The molecule has 4 nitrogen and oxygen atoms in total. The summed E-state index contributed by atoms with van der Waals surface area (Å²) in [6, 6.07) is 5.55. The first-order valence-corrected chi connectivity index (χ1v) is 8.52. The highest BCUT2D eigenvalue weighted by molar-refractivity contribution is 7.92. The smallest absolute Gasteiger partial charge is 0.158 e. The minimum atomic E-state index is -3.15. The van der Waals surface area contributed by atoms with Crippen LogP contribution in [-0.2, 0) is 16.3 Å². The van der Waals surface area contributed by atoms with Gasteiger partial charge in [-0.25, -0.2) is 8.42 Å². The van der Waals surface area contributed by atoms with Gasteiger partial charge >= 0.3 is 0 Å². The Balaban J connectivity index is 1.96. The van der Waals surface area contributed by atoms with Gasteiger partial charge in [-0.3, -0.25) is 0 Å². The van der Waals surface area contributed by atoms with Crippen molar-refractivity contribution in [2.75, 3.05) is 12.4 Å². The summed E-state index contributed by atoms with van der Waals surface area (Å²) in [6.45, 7) is 5.23. The lowest BCUT2D eigenvalue weighted by molar-refractivity contribution is 0.180. The van der Waals surface area contributed by atoms with Gasteiger partial charge in [-0.15, -0.1) is 0 Å². The fraction of sp³-hybridized carbons (Fsp3) is 0.600. The molecule has 0 aliphatic heterocycles. The Morgan fingerprint density at radius 2 is 2.05 bits per heavy atom. The summed E-state index contributed by atoms with van der Waals surface area (Å²) in [5, 5.41) is 9.72. The molecule has 0 fully saturated rings. The molecule has 112 valence electrons. The van der Waals surface area contributed by atoms with Gasteiger partial charge in [0.2, 0.25) is 0 Å². The van der Waals surface area contributed by atoms with Crippen LogP contribution in [0.3, 0.4) is 0 Å². The zero-order valence-corrected chi connectivity index (χ0v) is 13.0. The van der Waals surface area contributed by atoms with Gasteiger partial charge in [0.05, 0.1) is 16.6 Å². The highest BCUT2D eigenvalue weighted by atomic mass is 32.2. The van der Waals surface area contributed by atoms with E-state index in [9.17, 15) is 13.5 Å². The maximum Gasteiger partial charge on any atom is 0.158 e. The molecule has 2 rings (SSSR count). The van der Waals surface area contributed by atoms with Crippen LogP contribution in [0.2, 0.25) is 0 Å². The lowest BCUT2D eigenvalue weighted by Gasteiger charge is -2.19. The van der Waals surface area contributed by atoms with Gasteiger partial charge in [0.1, 0.15) is 12.4 Å². The maximum atomic E-state index is 12.0. The highest BCUT2D eigenvalue weighted by Crippen LogP contribution is 2.33. The summed E-state index contributed by atoms with van der Waals surface area (Å²) >= 11 is 0. The SMILES string of the molecule is CC(C)(C)S(=O)(=O)CCOc1ccc2c(c1)CCC2O. The molecular formula is C15H22O4S. The molecule has 0 saturated heterocycles. The fourth-order valence-electron chi connectivity index (χ4n) is 2.24. The monoisotopic (exact) mass is 298 g/mol. The normalized spacial score (nSPS) is 18.9. The van der Waals surface area contributed by atoms with Crippen LogP contribution in [0.4, 0.5) is 0 Å². The Hall–Kier alpha value is -1.07. The van der Waals surface area contributed by atoms with E-state index in [1.807, 2.05) is 12.1 Å². The van der Waals surface area contributed by atoms with Crippen LogP contribution in [0, 0.1) is 0 Å². The molecule has 5 heteroatoms. The number of sulfone groups is 1. The Labute approximate surface area is 120 Å². The van der Waals surface area contributed by atoms with Crippen molar-refractivity contribution in [3.8, 4) is 5.75 Å². The first-order valence-electron chi connectivity index (χ1n) is 6.87. The molecule has 0 amide bonds. The van der Waals surface area contributed by atoms with Crippen LogP contribution < -0.4 is 4.74 Å². The van der Waals surface area contributed by atoms with E-state index in [-0.39, 0.29) is 18.5 Å². The van der Waals surface area contributed by atoms with E-state index in [2.05, 4.69) is 0 Å². The Kier molecular flexibility index (Phi) is 4.12. The van der Waals surface area contributed by atoms with Crippen molar-refractivity contribution in [1.82, 2.24) is 0 Å². The molecule has 1 unspecified atom stereocenters. The van der Waals surface area contributed by atoms with E-state index in [1.165, 1.54) is 0 Å². The number of hydrogen-bond acceptors (Lipinski definition) is 4. The van der Waals surface area contributed by atoms with Crippen molar-refractivity contribution in [3.63, 3.8) is 0 Å². The molecule has 1 aromatic carbocycles. The summed E-state index contributed by atoms with van der Waals surface area (Å²) in [4.78, 5) is 0. The van der Waals surface area contributed by atoms with Gasteiger partial charge in [-0.05, 0) is 56.9 Å². The van der Waals surface area contributed by atoms with Crippen molar-refractivity contribution < 1.29 is 18.3 Å². The van der Waals surface area contributed by atoms with E-state index in [1.54, 1.807) is 26.8 Å². The van der Waals surface area contributed by atoms with Crippen molar-refractivity contribution in [1.29, 1.82) is 0 Å². The van der Waals surface area contributed by atoms with Gasteiger partial charge in [0, 0.05) is 0 Å². The summed E-state index contributed by atoms with van der Waals surface area (Å²) in [5.41, 5.74) is 2.05. The van der Waals surface area contributed by atoms with E-state index in [0.29, 0.717) is 5.75 Å². The lowest BCUT2D eigenvalue weighted by Crippen LogP contribution is -2.32. The van der Waals surface area contributed by atoms with Crippen LogP contribution >= 0.6 is 0 Å². The number of aliphatic hydroxyl groups excluding tert-OH is 1. The van der Waals surface area contributed by atoms with Crippen LogP contribution in [0.5, 0.6) is 5.75 Å². The molecule has 1 aliphatic carbocycles. The minimum absolute atomic E-state index is 0.0101. The molecule has 0 spiro atoms. The Morgan fingerprint density at radius 3 is 2.70 bits per heavy atom. The molecule has 1 aromatic rings. The molecule has 1 aliphatic rings. The van der Waals surface area contributed by atoms with Crippen LogP contribution in [0.15, 0.2) is 18.2 Å². The summed E-state index contributed by atoms with van der Waals surface area (Å²) in [5.74, 6) is 0.679. The van der Waals surface area contributed by atoms with Crippen LogP contribution in [0.25, 0.3) is 0 Å². The standard InChI is InChI=1S/C15H22O4S/c1-15(2,3)20(17,18)9-8-19-12-5-6-13-11(10-12)4-7-14(13)16/h5-6,10,14,16H,4,7-9H2,1-3H3. The van der Waals surface area contributed by atoms with Gasteiger partial charge in [0.25, 0.3) is 0 Å². The zero-order chi connectivity index (χ0) is 15.0. The van der Waals surface area contributed by atoms with Crippen molar-refractivity contribution in [2.24, 2.45) is 0 Å².